The summed E-state index contributed by atoms with van der Waals surface area (Å²) in [6, 6.07) is 38.4. The van der Waals surface area contributed by atoms with Gasteiger partial charge in [0.1, 0.15) is 17.0 Å². The zero-order valence-corrected chi connectivity index (χ0v) is 21.8. The summed E-state index contributed by atoms with van der Waals surface area (Å²) in [6.45, 7) is -2.22. The van der Waals surface area contributed by atoms with Crippen LogP contribution in [0.2, 0.25) is 0 Å². The summed E-state index contributed by atoms with van der Waals surface area (Å²) in [5, 5.41) is 7.48. The Balaban J connectivity index is 1.35. The molecule has 0 aliphatic heterocycles. The molecule has 9 rings (SSSR count). The third kappa shape index (κ3) is 3.16. The van der Waals surface area contributed by atoms with Crippen molar-refractivity contribution in [1.82, 2.24) is 14.5 Å². The molecular formula is C37H23N3O. The SMILES string of the molecule is [2H]C([2H])([2H])c1ccc2c(c1)oc1c(-c3nc4ccccc4n3-c3ccc4c5ccccc5c5cccnc5c4c3)cccc12. The van der Waals surface area contributed by atoms with Crippen molar-refractivity contribution < 1.29 is 8.53 Å². The van der Waals surface area contributed by atoms with Gasteiger partial charge in [-0.1, -0.05) is 72.8 Å². The minimum atomic E-state index is -2.22. The summed E-state index contributed by atoms with van der Waals surface area (Å²) in [5.74, 6) is 0.740. The molecule has 0 unspecified atom stereocenters. The minimum Gasteiger partial charge on any atom is -0.455 e. The van der Waals surface area contributed by atoms with Crippen LogP contribution in [-0.4, -0.2) is 14.5 Å². The van der Waals surface area contributed by atoms with E-state index < -0.39 is 6.85 Å². The Morgan fingerprint density at radius 1 is 0.659 bits per heavy atom. The number of imidazole rings is 1. The van der Waals surface area contributed by atoms with Gasteiger partial charge in [-0.2, -0.15) is 0 Å². The molecule has 192 valence electrons. The first-order valence-electron chi connectivity index (χ1n) is 15.1. The van der Waals surface area contributed by atoms with E-state index in [1.165, 1.54) is 10.8 Å². The topological polar surface area (TPSA) is 43.9 Å². The van der Waals surface area contributed by atoms with Crippen LogP contribution in [0.5, 0.6) is 0 Å². The highest BCUT2D eigenvalue weighted by Crippen LogP contribution is 2.40. The molecule has 0 aliphatic rings. The molecule has 4 nitrogen and oxygen atoms in total. The number of hydrogen-bond donors (Lipinski definition) is 0. The van der Waals surface area contributed by atoms with Crippen molar-refractivity contribution in [3.8, 4) is 17.1 Å². The number of aromatic nitrogens is 3. The van der Waals surface area contributed by atoms with Gasteiger partial charge in [0.15, 0.2) is 0 Å². The number of pyridine rings is 1. The van der Waals surface area contributed by atoms with Gasteiger partial charge >= 0.3 is 0 Å². The number of rotatable bonds is 2. The highest BCUT2D eigenvalue weighted by atomic mass is 16.3. The van der Waals surface area contributed by atoms with Gasteiger partial charge in [0.25, 0.3) is 0 Å². The molecule has 0 radical (unpaired) electrons. The Bertz CT molecular complexity index is 2580. The van der Waals surface area contributed by atoms with Crippen molar-refractivity contribution in [2.75, 3.05) is 0 Å². The van der Waals surface area contributed by atoms with E-state index in [9.17, 15) is 0 Å². The van der Waals surface area contributed by atoms with Crippen LogP contribution in [0, 0.1) is 6.85 Å². The van der Waals surface area contributed by atoms with E-state index in [-0.39, 0.29) is 5.56 Å². The van der Waals surface area contributed by atoms with E-state index in [0.29, 0.717) is 11.2 Å². The van der Waals surface area contributed by atoms with Gasteiger partial charge in [-0.25, -0.2) is 4.98 Å². The molecule has 3 heterocycles. The minimum absolute atomic E-state index is 0.252. The second kappa shape index (κ2) is 8.26. The van der Waals surface area contributed by atoms with Crippen molar-refractivity contribution in [3.63, 3.8) is 0 Å². The molecule has 0 aliphatic carbocycles. The highest BCUT2D eigenvalue weighted by Gasteiger charge is 2.20. The molecule has 4 heteroatoms. The van der Waals surface area contributed by atoms with Crippen molar-refractivity contribution in [3.05, 3.63) is 127 Å². The summed E-state index contributed by atoms with van der Waals surface area (Å²) in [6.07, 6.45) is 1.85. The summed E-state index contributed by atoms with van der Waals surface area (Å²) in [4.78, 5) is 9.96. The standard InChI is InChI=1S/C37H23N3O/c1-22-15-17-27-29-10-6-11-30(36(29)41-34(27)20-22)37-39-32-13-4-5-14-33(32)40(37)23-16-18-26-24-8-2-3-9-25(24)28-12-7-19-38-35(28)31(26)21-23/h2-21H,1H3/i1D3. The molecule has 0 spiro atoms. The Morgan fingerprint density at radius 3 is 2.37 bits per heavy atom. The lowest BCUT2D eigenvalue weighted by atomic mass is 9.97. The monoisotopic (exact) mass is 528 g/mol. The van der Waals surface area contributed by atoms with Crippen LogP contribution < -0.4 is 0 Å². The molecule has 0 atom stereocenters. The van der Waals surface area contributed by atoms with E-state index in [4.69, 9.17) is 18.5 Å². The van der Waals surface area contributed by atoms with E-state index in [1.54, 1.807) is 12.1 Å². The first-order chi connectivity index (χ1) is 21.5. The van der Waals surface area contributed by atoms with Gasteiger partial charge in [0.05, 0.1) is 22.1 Å². The molecule has 0 amide bonds. The molecule has 0 saturated heterocycles. The van der Waals surface area contributed by atoms with E-state index >= 15 is 0 Å². The largest absolute Gasteiger partial charge is 0.455 e. The number of benzene rings is 6. The van der Waals surface area contributed by atoms with Crippen LogP contribution in [0.15, 0.2) is 126 Å². The summed E-state index contributed by atoms with van der Waals surface area (Å²) >= 11 is 0. The number of aryl methyl sites for hydroxylation is 1. The average Bonchev–Trinajstić information content (AvgIpc) is 3.63. The maximum absolute atomic E-state index is 7.87. The Labute approximate surface area is 239 Å². The van der Waals surface area contributed by atoms with Crippen LogP contribution in [0.25, 0.3) is 82.5 Å². The molecule has 0 bridgehead atoms. The second-order valence-electron chi connectivity index (χ2n) is 10.4. The average molecular weight is 529 g/mol. The second-order valence-corrected chi connectivity index (χ2v) is 10.4. The number of nitrogens with zero attached hydrogens (tertiary/aromatic N) is 3. The maximum Gasteiger partial charge on any atom is 0.149 e. The molecule has 6 aromatic carbocycles. The normalized spacial score (nSPS) is 13.4. The van der Waals surface area contributed by atoms with Gasteiger partial charge in [0.2, 0.25) is 0 Å². The third-order valence-corrected chi connectivity index (χ3v) is 8.13. The summed E-state index contributed by atoms with van der Waals surface area (Å²) in [5.41, 5.74) is 6.04. The van der Waals surface area contributed by atoms with Crippen LogP contribution in [0.3, 0.4) is 0 Å². The Hall–Kier alpha value is -5.48. The molecule has 0 N–H and O–H groups in total. The fourth-order valence-electron chi connectivity index (χ4n) is 6.33. The van der Waals surface area contributed by atoms with Crippen LogP contribution >= 0.6 is 0 Å². The van der Waals surface area contributed by atoms with Crippen molar-refractivity contribution in [2.45, 2.75) is 6.85 Å². The number of para-hydroxylation sites is 3. The number of furan rings is 1. The van der Waals surface area contributed by atoms with E-state index in [0.717, 1.165) is 60.6 Å². The van der Waals surface area contributed by atoms with Crippen molar-refractivity contribution >= 4 is 65.4 Å². The van der Waals surface area contributed by atoms with Crippen LogP contribution in [0.4, 0.5) is 0 Å². The smallest absolute Gasteiger partial charge is 0.149 e. The highest BCUT2D eigenvalue weighted by molar-refractivity contribution is 6.24. The molecule has 0 fully saturated rings. The van der Waals surface area contributed by atoms with Crippen LogP contribution in [-0.2, 0) is 0 Å². The molecule has 9 aromatic rings. The van der Waals surface area contributed by atoms with Gasteiger partial charge in [-0.3, -0.25) is 9.55 Å². The lowest BCUT2D eigenvalue weighted by molar-refractivity contribution is 0.669. The fourth-order valence-corrected chi connectivity index (χ4v) is 6.33. The van der Waals surface area contributed by atoms with Crippen molar-refractivity contribution in [1.29, 1.82) is 0 Å². The fraction of sp³-hybridized carbons (Fsp3) is 0.0270. The lowest BCUT2D eigenvalue weighted by Crippen LogP contribution is -1.98. The molecule has 41 heavy (non-hydrogen) atoms. The lowest BCUT2D eigenvalue weighted by Gasteiger charge is -2.14. The maximum atomic E-state index is 7.87. The predicted molar refractivity (Wildman–Crippen MR) is 169 cm³/mol. The Morgan fingerprint density at radius 2 is 1.44 bits per heavy atom. The van der Waals surface area contributed by atoms with E-state index in [2.05, 4.69) is 59.2 Å². The zero-order chi connectivity index (χ0) is 29.6. The quantitative estimate of drug-likeness (QED) is 0.210. The predicted octanol–water partition coefficient (Wildman–Crippen LogP) is 9.75. The zero-order valence-electron chi connectivity index (χ0n) is 24.8. The van der Waals surface area contributed by atoms with Gasteiger partial charge in [0, 0.05) is 37.5 Å². The number of fused-ring (bicyclic) bond motifs is 10. The molecular weight excluding hydrogens is 502 g/mol. The van der Waals surface area contributed by atoms with Gasteiger partial charge in [-0.05, 0) is 71.0 Å². The molecule has 3 aromatic heterocycles. The first-order valence-corrected chi connectivity index (χ1v) is 13.6. The summed E-state index contributed by atoms with van der Waals surface area (Å²) < 4.78 is 32.2. The van der Waals surface area contributed by atoms with Gasteiger partial charge in [-0.15, -0.1) is 0 Å². The summed E-state index contributed by atoms with van der Waals surface area (Å²) in [7, 11) is 0. The number of hydrogen-bond acceptors (Lipinski definition) is 3. The van der Waals surface area contributed by atoms with E-state index in [1.807, 2.05) is 54.7 Å². The van der Waals surface area contributed by atoms with Crippen LogP contribution in [0.1, 0.15) is 9.68 Å². The van der Waals surface area contributed by atoms with Crippen molar-refractivity contribution in [2.24, 2.45) is 0 Å². The first kappa shape index (κ1) is 19.6. The third-order valence-electron chi connectivity index (χ3n) is 8.13. The molecule has 0 saturated carbocycles. The van der Waals surface area contributed by atoms with Gasteiger partial charge < -0.3 is 4.42 Å². The Kier molecular flexibility index (Phi) is 3.94.